The topological polar surface area (TPSA) is 55.4 Å². The Hall–Kier alpha value is -1.84. The Morgan fingerprint density at radius 1 is 1.12 bits per heavy atom. The maximum Gasteiger partial charge on any atom is 0.331 e. The quantitative estimate of drug-likeness (QED) is 0.776. The second kappa shape index (κ2) is 8.70. The maximum atomic E-state index is 12.8. The Bertz CT molecular complexity index is 638. The molecule has 4 heteroatoms. The molecule has 0 heterocycles. The highest BCUT2D eigenvalue weighted by molar-refractivity contribution is 5.89. The average Bonchev–Trinajstić information content (AvgIpc) is 2.59. The molecule has 144 valence electrons. The lowest BCUT2D eigenvalue weighted by Gasteiger charge is -2.38. The molecule has 1 aromatic carbocycles. The third-order valence-electron chi connectivity index (χ3n) is 5.70. The fourth-order valence-electron chi connectivity index (χ4n) is 4.26. The van der Waals surface area contributed by atoms with E-state index in [9.17, 15) is 9.59 Å². The van der Waals surface area contributed by atoms with E-state index < -0.39 is 5.54 Å². The van der Waals surface area contributed by atoms with Crippen molar-refractivity contribution in [3.8, 4) is 0 Å². The van der Waals surface area contributed by atoms with Crippen LogP contribution in [0.2, 0.25) is 0 Å². The summed E-state index contributed by atoms with van der Waals surface area (Å²) in [6.07, 6.45) is 5.61. The average molecular weight is 360 g/mol. The van der Waals surface area contributed by atoms with Crippen LogP contribution in [0, 0.1) is 26.7 Å². The van der Waals surface area contributed by atoms with E-state index in [0.717, 1.165) is 42.4 Å². The predicted molar refractivity (Wildman–Crippen MR) is 104 cm³/mol. The van der Waals surface area contributed by atoms with Gasteiger partial charge in [0.05, 0.1) is 13.0 Å². The number of carbonyl (C=O) groups excluding carboxylic acids is 2. The van der Waals surface area contributed by atoms with Crippen molar-refractivity contribution in [3.63, 3.8) is 0 Å². The van der Waals surface area contributed by atoms with E-state index in [1.165, 1.54) is 12.0 Å². The number of amides is 1. The van der Waals surface area contributed by atoms with Crippen LogP contribution in [0.3, 0.4) is 0 Å². The van der Waals surface area contributed by atoms with Gasteiger partial charge in [-0.3, -0.25) is 4.79 Å². The van der Waals surface area contributed by atoms with Gasteiger partial charge in [-0.2, -0.15) is 0 Å². The minimum Gasteiger partial charge on any atom is -0.464 e. The molecule has 4 nitrogen and oxygen atoms in total. The molecule has 1 aliphatic carbocycles. The number of aryl methyl sites for hydroxylation is 3. The van der Waals surface area contributed by atoms with Crippen molar-refractivity contribution in [2.45, 2.75) is 78.7 Å². The molecule has 1 atom stereocenters. The zero-order valence-electron chi connectivity index (χ0n) is 16.9. The lowest BCUT2D eigenvalue weighted by atomic mass is 9.75. The SMILES string of the molecule is CCOC(=O)[C@](C)(NC(=O)Cc1c(C)cc(C)cc1C)C1CCCCC1. The van der Waals surface area contributed by atoms with Crippen LogP contribution >= 0.6 is 0 Å². The molecule has 0 radical (unpaired) electrons. The van der Waals surface area contributed by atoms with Crippen LogP contribution in [0.25, 0.3) is 0 Å². The highest BCUT2D eigenvalue weighted by Gasteiger charge is 2.44. The second-order valence-electron chi connectivity index (χ2n) is 7.86. The number of rotatable bonds is 6. The van der Waals surface area contributed by atoms with E-state index in [1.807, 2.05) is 20.8 Å². The third-order valence-corrected chi connectivity index (χ3v) is 5.70. The molecule has 1 fully saturated rings. The number of esters is 1. The van der Waals surface area contributed by atoms with Crippen LogP contribution in [-0.4, -0.2) is 24.0 Å². The van der Waals surface area contributed by atoms with Crippen LogP contribution in [0.5, 0.6) is 0 Å². The summed E-state index contributed by atoms with van der Waals surface area (Å²) in [5.74, 6) is -0.279. The zero-order valence-corrected chi connectivity index (χ0v) is 16.9. The van der Waals surface area contributed by atoms with Gasteiger partial charge in [0.25, 0.3) is 0 Å². The summed E-state index contributed by atoms with van der Waals surface area (Å²) >= 11 is 0. The van der Waals surface area contributed by atoms with Gasteiger partial charge < -0.3 is 10.1 Å². The molecule has 2 rings (SSSR count). The maximum absolute atomic E-state index is 12.8. The summed E-state index contributed by atoms with van der Waals surface area (Å²) < 4.78 is 5.32. The highest BCUT2D eigenvalue weighted by atomic mass is 16.5. The summed E-state index contributed by atoms with van der Waals surface area (Å²) in [5, 5.41) is 3.05. The van der Waals surface area contributed by atoms with Gasteiger partial charge in [-0.1, -0.05) is 37.0 Å². The minimum absolute atomic E-state index is 0.110. The van der Waals surface area contributed by atoms with Crippen LogP contribution in [0.15, 0.2) is 12.1 Å². The van der Waals surface area contributed by atoms with Crippen LogP contribution < -0.4 is 5.32 Å². The Morgan fingerprint density at radius 2 is 1.69 bits per heavy atom. The van der Waals surface area contributed by atoms with Crippen molar-refractivity contribution in [1.29, 1.82) is 0 Å². The molecule has 0 aromatic heterocycles. The van der Waals surface area contributed by atoms with E-state index in [-0.39, 0.29) is 17.8 Å². The van der Waals surface area contributed by atoms with Crippen molar-refractivity contribution in [1.82, 2.24) is 5.32 Å². The summed E-state index contributed by atoms with van der Waals surface area (Å²) in [6.45, 7) is 10.1. The lowest BCUT2D eigenvalue weighted by molar-refractivity contribution is -0.156. The van der Waals surface area contributed by atoms with Crippen molar-refractivity contribution in [3.05, 3.63) is 34.4 Å². The third kappa shape index (κ3) is 4.66. The molecule has 1 aliphatic rings. The van der Waals surface area contributed by atoms with Crippen LogP contribution in [0.4, 0.5) is 0 Å². The van der Waals surface area contributed by atoms with Gasteiger partial charge in [0.2, 0.25) is 5.91 Å². The number of carbonyl (C=O) groups is 2. The number of hydrogen-bond donors (Lipinski definition) is 1. The Kier molecular flexibility index (Phi) is 6.85. The first-order valence-electron chi connectivity index (χ1n) is 9.83. The molecule has 1 amide bonds. The number of ether oxygens (including phenoxy) is 1. The molecule has 26 heavy (non-hydrogen) atoms. The van der Waals surface area contributed by atoms with E-state index >= 15 is 0 Å². The molecule has 1 aromatic rings. The van der Waals surface area contributed by atoms with Gasteiger partial charge >= 0.3 is 5.97 Å². The fraction of sp³-hybridized carbons (Fsp3) is 0.636. The van der Waals surface area contributed by atoms with Crippen LogP contribution in [-0.2, 0) is 20.7 Å². The van der Waals surface area contributed by atoms with Crippen molar-refractivity contribution in [2.24, 2.45) is 5.92 Å². The van der Waals surface area contributed by atoms with Gasteiger partial charge in [-0.05, 0) is 70.1 Å². The predicted octanol–water partition coefficient (Wildman–Crippen LogP) is 4.17. The van der Waals surface area contributed by atoms with Gasteiger partial charge in [0, 0.05) is 0 Å². The summed E-state index contributed by atoms with van der Waals surface area (Å²) in [7, 11) is 0. The van der Waals surface area contributed by atoms with Crippen molar-refractivity contribution >= 4 is 11.9 Å². The zero-order chi connectivity index (χ0) is 19.3. The Balaban J connectivity index is 2.19. The van der Waals surface area contributed by atoms with Gasteiger partial charge in [0.15, 0.2) is 0 Å². The first-order valence-corrected chi connectivity index (χ1v) is 9.83. The molecule has 0 bridgehead atoms. The molecule has 0 aliphatic heterocycles. The molecule has 0 saturated heterocycles. The molecular weight excluding hydrogens is 326 g/mol. The molecule has 0 spiro atoms. The summed E-state index contributed by atoms with van der Waals surface area (Å²) in [6, 6.07) is 4.20. The minimum atomic E-state index is -0.944. The monoisotopic (exact) mass is 359 g/mol. The van der Waals surface area contributed by atoms with Crippen molar-refractivity contribution in [2.75, 3.05) is 6.61 Å². The highest BCUT2D eigenvalue weighted by Crippen LogP contribution is 2.33. The van der Waals surface area contributed by atoms with Gasteiger partial charge in [-0.15, -0.1) is 0 Å². The van der Waals surface area contributed by atoms with Gasteiger partial charge in [-0.25, -0.2) is 4.79 Å². The fourth-order valence-corrected chi connectivity index (χ4v) is 4.26. The normalized spacial score (nSPS) is 17.4. The summed E-state index contributed by atoms with van der Waals surface area (Å²) in [4.78, 5) is 25.5. The lowest BCUT2D eigenvalue weighted by Crippen LogP contribution is -2.58. The first kappa shape index (κ1) is 20.5. The Labute approximate surface area is 157 Å². The molecule has 1 N–H and O–H groups in total. The first-order chi connectivity index (χ1) is 12.3. The number of nitrogens with one attached hydrogen (secondary N) is 1. The van der Waals surface area contributed by atoms with E-state index in [2.05, 4.69) is 24.4 Å². The largest absolute Gasteiger partial charge is 0.464 e. The number of hydrogen-bond acceptors (Lipinski definition) is 3. The van der Waals surface area contributed by atoms with E-state index in [4.69, 9.17) is 4.74 Å². The standard InChI is InChI=1S/C22H33NO3/c1-6-26-21(25)22(5,18-10-8-7-9-11-18)23-20(24)14-19-16(3)12-15(2)13-17(19)4/h12-13,18H,6-11,14H2,1-5H3,(H,23,24)/t22-/m1/s1. The second-order valence-corrected chi connectivity index (χ2v) is 7.86. The van der Waals surface area contributed by atoms with Crippen LogP contribution in [0.1, 0.15) is 68.2 Å². The molecule has 1 saturated carbocycles. The van der Waals surface area contributed by atoms with Crippen molar-refractivity contribution < 1.29 is 14.3 Å². The molecule has 0 unspecified atom stereocenters. The van der Waals surface area contributed by atoms with E-state index in [1.54, 1.807) is 6.92 Å². The Morgan fingerprint density at radius 3 is 2.23 bits per heavy atom. The smallest absolute Gasteiger partial charge is 0.331 e. The number of benzene rings is 1. The van der Waals surface area contributed by atoms with Gasteiger partial charge in [0.1, 0.15) is 5.54 Å². The van der Waals surface area contributed by atoms with E-state index in [0.29, 0.717) is 13.0 Å². The summed E-state index contributed by atoms with van der Waals surface area (Å²) in [5.41, 5.74) is 3.53. The molecular formula is C22H33NO3.